The first-order valence-electron chi connectivity index (χ1n) is 7.55. The molecular weight excluding hydrogens is 285 g/mol. The number of aromatic nitrogens is 2. The second kappa shape index (κ2) is 6.14. The Hall–Kier alpha value is -1.79. The molecule has 118 valence electrons. The SMILES string of the molecule is Cc1ccc2ncc(=O)n(CCN3CCC(O)C(F)C3)c2c1. The third kappa shape index (κ3) is 3.03. The van der Waals surface area contributed by atoms with Gasteiger partial charge in [-0.3, -0.25) is 9.69 Å². The van der Waals surface area contributed by atoms with Gasteiger partial charge in [-0.1, -0.05) is 6.07 Å². The maximum absolute atomic E-state index is 13.6. The van der Waals surface area contributed by atoms with Crippen LogP contribution < -0.4 is 5.56 Å². The summed E-state index contributed by atoms with van der Waals surface area (Å²) in [5, 5.41) is 9.43. The maximum Gasteiger partial charge on any atom is 0.269 e. The van der Waals surface area contributed by atoms with Crippen LogP contribution in [0.2, 0.25) is 0 Å². The minimum atomic E-state index is -1.21. The second-order valence-electron chi connectivity index (χ2n) is 5.91. The van der Waals surface area contributed by atoms with Crippen LogP contribution in [0.5, 0.6) is 0 Å². The first kappa shape index (κ1) is 15.1. The zero-order chi connectivity index (χ0) is 15.7. The Bertz CT molecular complexity index is 731. The van der Waals surface area contributed by atoms with E-state index in [0.717, 1.165) is 16.6 Å². The summed E-state index contributed by atoms with van der Waals surface area (Å²) in [5.41, 5.74) is 2.51. The van der Waals surface area contributed by atoms with Gasteiger partial charge in [-0.25, -0.2) is 9.37 Å². The van der Waals surface area contributed by atoms with E-state index in [-0.39, 0.29) is 12.1 Å². The van der Waals surface area contributed by atoms with Gasteiger partial charge in [0.25, 0.3) is 5.56 Å². The Morgan fingerprint density at radius 1 is 1.41 bits per heavy atom. The Kier molecular flexibility index (Phi) is 4.22. The Morgan fingerprint density at radius 3 is 3.00 bits per heavy atom. The van der Waals surface area contributed by atoms with Crippen LogP contribution in [0.1, 0.15) is 12.0 Å². The van der Waals surface area contributed by atoms with Crippen LogP contribution in [-0.2, 0) is 6.54 Å². The highest BCUT2D eigenvalue weighted by atomic mass is 19.1. The molecule has 0 saturated carbocycles. The van der Waals surface area contributed by atoms with Gasteiger partial charge < -0.3 is 9.67 Å². The number of hydrogen-bond acceptors (Lipinski definition) is 4. The molecule has 2 aromatic rings. The molecule has 2 atom stereocenters. The molecule has 2 heterocycles. The van der Waals surface area contributed by atoms with E-state index in [2.05, 4.69) is 4.98 Å². The number of halogens is 1. The number of aryl methyl sites for hydroxylation is 1. The summed E-state index contributed by atoms with van der Waals surface area (Å²) >= 11 is 0. The quantitative estimate of drug-likeness (QED) is 0.923. The molecule has 5 nitrogen and oxygen atoms in total. The summed E-state index contributed by atoms with van der Waals surface area (Å²) in [7, 11) is 0. The number of piperidine rings is 1. The van der Waals surface area contributed by atoms with Gasteiger partial charge in [0.05, 0.1) is 23.3 Å². The Labute approximate surface area is 128 Å². The van der Waals surface area contributed by atoms with Crippen molar-refractivity contribution in [3.05, 3.63) is 40.3 Å². The van der Waals surface area contributed by atoms with E-state index >= 15 is 0 Å². The van der Waals surface area contributed by atoms with E-state index in [1.807, 2.05) is 30.0 Å². The lowest BCUT2D eigenvalue weighted by atomic mass is 10.1. The van der Waals surface area contributed by atoms with Crippen molar-refractivity contribution in [2.24, 2.45) is 0 Å². The molecule has 0 bridgehead atoms. The average molecular weight is 305 g/mol. The lowest BCUT2D eigenvalue weighted by Crippen LogP contribution is -2.45. The molecular formula is C16H20FN3O2. The van der Waals surface area contributed by atoms with E-state index in [9.17, 15) is 14.3 Å². The number of aliphatic hydroxyl groups is 1. The highest BCUT2D eigenvalue weighted by Gasteiger charge is 2.27. The van der Waals surface area contributed by atoms with Crippen LogP contribution in [0.25, 0.3) is 11.0 Å². The van der Waals surface area contributed by atoms with Crippen molar-refractivity contribution in [3.8, 4) is 0 Å². The zero-order valence-corrected chi connectivity index (χ0v) is 12.6. The summed E-state index contributed by atoms with van der Waals surface area (Å²) in [6.45, 7) is 3.92. The molecule has 2 unspecified atom stereocenters. The summed E-state index contributed by atoms with van der Waals surface area (Å²) in [5.74, 6) is 0. The highest BCUT2D eigenvalue weighted by Crippen LogP contribution is 2.15. The molecule has 0 spiro atoms. The number of benzene rings is 1. The number of alkyl halides is 1. The molecule has 1 aromatic heterocycles. The minimum Gasteiger partial charge on any atom is -0.390 e. The van der Waals surface area contributed by atoms with Gasteiger partial charge in [0.2, 0.25) is 0 Å². The second-order valence-corrected chi connectivity index (χ2v) is 5.91. The van der Waals surface area contributed by atoms with Gasteiger partial charge >= 0.3 is 0 Å². The first-order chi connectivity index (χ1) is 10.5. The summed E-state index contributed by atoms with van der Waals surface area (Å²) in [6, 6.07) is 5.81. The fourth-order valence-corrected chi connectivity index (χ4v) is 2.90. The normalized spacial score (nSPS) is 23.0. The molecule has 1 N–H and O–H groups in total. The van der Waals surface area contributed by atoms with Crippen molar-refractivity contribution in [1.29, 1.82) is 0 Å². The molecule has 1 aliphatic rings. The van der Waals surface area contributed by atoms with Gasteiger partial charge in [0, 0.05) is 26.2 Å². The molecule has 1 aliphatic heterocycles. The molecule has 1 saturated heterocycles. The van der Waals surface area contributed by atoms with Crippen LogP contribution in [0, 0.1) is 6.92 Å². The summed E-state index contributed by atoms with van der Waals surface area (Å²) in [6.07, 6.45) is -0.299. The zero-order valence-electron chi connectivity index (χ0n) is 12.6. The summed E-state index contributed by atoms with van der Waals surface area (Å²) < 4.78 is 15.3. The number of fused-ring (bicyclic) bond motifs is 1. The minimum absolute atomic E-state index is 0.146. The number of aliphatic hydroxyl groups excluding tert-OH is 1. The number of nitrogens with zero attached hydrogens (tertiary/aromatic N) is 3. The van der Waals surface area contributed by atoms with Gasteiger partial charge in [-0.05, 0) is 31.0 Å². The van der Waals surface area contributed by atoms with E-state index < -0.39 is 12.3 Å². The Morgan fingerprint density at radius 2 is 2.23 bits per heavy atom. The van der Waals surface area contributed by atoms with Crippen molar-refractivity contribution < 1.29 is 9.50 Å². The molecule has 1 fully saturated rings. The van der Waals surface area contributed by atoms with Gasteiger partial charge in [-0.2, -0.15) is 0 Å². The van der Waals surface area contributed by atoms with Gasteiger partial charge in [0.1, 0.15) is 6.17 Å². The molecule has 0 aliphatic carbocycles. The monoisotopic (exact) mass is 305 g/mol. The fourth-order valence-electron chi connectivity index (χ4n) is 2.90. The third-order valence-corrected chi connectivity index (χ3v) is 4.23. The molecule has 22 heavy (non-hydrogen) atoms. The van der Waals surface area contributed by atoms with Crippen LogP contribution in [-0.4, -0.2) is 51.5 Å². The molecule has 6 heteroatoms. The number of rotatable bonds is 3. The molecule has 0 radical (unpaired) electrons. The van der Waals surface area contributed by atoms with E-state index in [0.29, 0.717) is 26.1 Å². The van der Waals surface area contributed by atoms with Crippen LogP contribution in [0.4, 0.5) is 4.39 Å². The van der Waals surface area contributed by atoms with Crippen molar-refractivity contribution >= 4 is 11.0 Å². The number of likely N-dealkylation sites (tertiary alicyclic amines) is 1. The lowest BCUT2D eigenvalue weighted by molar-refractivity contribution is 0.00568. The van der Waals surface area contributed by atoms with Crippen molar-refractivity contribution in [2.75, 3.05) is 19.6 Å². The van der Waals surface area contributed by atoms with Crippen molar-refractivity contribution in [1.82, 2.24) is 14.5 Å². The smallest absolute Gasteiger partial charge is 0.269 e. The van der Waals surface area contributed by atoms with Gasteiger partial charge in [0.15, 0.2) is 0 Å². The molecule has 0 amide bonds. The standard InChI is InChI=1S/C16H20FN3O2/c1-11-2-3-13-14(8-11)20(16(22)9-18-13)7-6-19-5-4-15(21)12(17)10-19/h2-3,8-9,12,15,21H,4-7,10H2,1H3. The van der Waals surface area contributed by atoms with Crippen LogP contribution in [0.3, 0.4) is 0 Å². The topological polar surface area (TPSA) is 58.4 Å². The first-order valence-corrected chi connectivity index (χ1v) is 7.55. The maximum atomic E-state index is 13.6. The van der Waals surface area contributed by atoms with E-state index in [1.54, 1.807) is 4.57 Å². The largest absolute Gasteiger partial charge is 0.390 e. The molecule has 1 aromatic carbocycles. The van der Waals surface area contributed by atoms with Crippen LogP contribution in [0.15, 0.2) is 29.2 Å². The summed E-state index contributed by atoms with van der Waals surface area (Å²) in [4.78, 5) is 18.2. The van der Waals surface area contributed by atoms with Gasteiger partial charge in [-0.15, -0.1) is 0 Å². The van der Waals surface area contributed by atoms with Crippen molar-refractivity contribution in [2.45, 2.75) is 32.2 Å². The Balaban J connectivity index is 1.80. The van der Waals surface area contributed by atoms with E-state index in [1.165, 1.54) is 6.20 Å². The predicted molar refractivity (Wildman–Crippen MR) is 82.7 cm³/mol. The highest BCUT2D eigenvalue weighted by molar-refractivity contribution is 5.75. The predicted octanol–water partition coefficient (Wildman–Crippen LogP) is 1.11. The van der Waals surface area contributed by atoms with Crippen LogP contribution >= 0.6 is 0 Å². The van der Waals surface area contributed by atoms with Crippen molar-refractivity contribution in [3.63, 3.8) is 0 Å². The number of hydrogen-bond donors (Lipinski definition) is 1. The average Bonchev–Trinajstić information content (AvgIpc) is 2.49. The fraction of sp³-hybridized carbons (Fsp3) is 0.500. The van der Waals surface area contributed by atoms with E-state index in [4.69, 9.17) is 0 Å². The third-order valence-electron chi connectivity index (χ3n) is 4.23. The lowest BCUT2D eigenvalue weighted by Gasteiger charge is -2.32. The molecule has 3 rings (SSSR count).